The minimum atomic E-state index is 0.435. The van der Waals surface area contributed by atoms with Crippen molar-refractivity contribution in [1.29, 1.82) is 0 Å². The molecule has 1 aliphatic heterocycles. The minimum Gasteiger partial charge on any atom is -0.486 e. The third-order valence-electron chi connectivity index (χ3n) is 5.74. The van der Waals surface area contributed by atoms with Gasteiger partial charge in [-0.25, -0.2) is 0 Å². The maximum atomic E-state index is 5.73. The number of nitrogens with one attached hydrogen (secondary N) is 1. The van der Waals surface area contributed by atoms with Gasteiger partial charge in [-0.05, 0) is 68.2 Å². The van der Waals surface area contributed by atoms with Crippen LogP contribution in [-0.4, -0.2) is 20.3 Å². The summed E-state index contributed by atoms with van der Waals surface area (Å²) >= 11 is 0. The van der Waals surface area contributed by atoms with Gasteiger partial charge in [0.2, 0.25) is 0 Å². The molecule has 0 radical (unpaired) electrons. The van der Waals surface area contributed by atoms with Crippen LogP contribution in [0.1, 0.15) is 43.7 Å². The molecule has 3 heteroatoms. The molecule has 1 N–H and O–H groups in total. The molecule has 4 atom stereocenters. The Morgan fingerprint density at radius 3 is 2.71 bits per heavy atom. The lowest BCUT2D eigenvalue weighted by Crippen LogP contribution is -2.23. The first-order valence-electron chi connectivity index (χ1n) is 8.40. The van der Waals surface area contributed by atoms with Gasteiger partial charge in [0.25, 0.3) is 0 Å². The Morgan fingerprint density at radius 1 is 1.14 bits per heavy atom. The Labute approximate surface area is 127 Å². The van der Waals surface area contributed by atoms with Crippen LogP contribution in [0.25, 0.3) is 0 Å². The van der Waals surface area contributed by atoms with Crippen molar-refractivity contribution in [3.05, 3.63) is 23.8 Å². The summed E-state index contributed by atoms with van der Waals surface area (Å²) in [5, 5.41) is 3.52. The molecule has 3 aliphatic rings. The number of hydrogen-bond acceptors (Lipinski definition) is 3. The predicted octanol–water partition coefficient (Wildman–Crippen LogP) is 3.54. The van der Waals surface area contributed by atoms with E-state index in [1.54, 1.807) is 0 Å². The quantitative estimate of drug-likeness (QED) is 0.918. The standard InChI is InChI=1S/C18H25NO2/c1-19-16(10-15-9-12-2-3-13(15)8-12)14-4-5-17-18(11-14)21-7-6-20-17/h4-5,11-13,15-16,19H,2-3,6-10H2,1H3. The maximum absolute atomic E-state index is 5.73. The van der Waals surface area contributed by atoms with Gasteiger partial charge in [-0.1, -0.05) is 12.5 Å². The highest BCUT2D eigenvalue weighted by molar-refractivity contribution is 5.44. The smallest absolute Gasteiger partial charge is 0.161 e. The molecule has 0 saturated heterocycles. The summed E-state index contributed by atoms with van der Waals surface area (Å²) in [5.41, 5.74) is 1.34. The summed E-state index contributed by atoms with van der Waals surface area (Å²) < 4.78 is 11.3. The number of benzene rings is 1. The molecule has 0 aromatic heterocycles. The van der Waals surface area contributed by atoms with Gasteiger partial charge in [-0.15, -0.1) is 0 Å². The minimum absolute atomic E-state index is 0.435. The number of fused-ring (bicyclic) bond motifs is 3. The van der Waals surface area contributed by atoms with E-state index in [2.05, 4.69) is 30.6 Å². The van der Waals surface area contributed by atoms with Crippen molar-refractivity contribution >= 4 is 0 Å². The van der Waals surface area contributed by atoms with E-state index in [0.717, 1.165) is 29.3 Å². The Bertz CT molecular complexity index is 516. The molecule has 4 rings (SSSR count). The number of rotatable bonds is 4. The molecule has 2 aliphatic carbocycles. The summed E-state index contributed by atoms with van der Waals surface area (Å²) in [4.78, 5) is 0. The van der Waals surface area contributed by atoms with Crippen LogP contribution in [0.3, 0.4) is 0 Å². The largest absolute Gasteiger partial charge is 0.486 e. The van der Waals surface area contributed by atoms with Gasteiger partial charge in [0.15, 0.2) is 11.5 Å². The highest BCUT2D eigenvalue weighted by Crippen LogP contribution is 2.51. The SMILES string of the molecule is CNC(CC1CC2CCC1C2)c1ccc2c(c1)OCCO2. The van der Waals surface area contributed by atoms with Gasteiger partial charge in [0, 0.05) is 6.04 Å². The van der Waals surface area contributed by atoms with Crippen LogP contribution in [0.4, 0.5) is 0 Å². The second-order valence-electron chi connectivity index (χ2n) is 6.91. The van der Waals surface area contributed by atoms with Crippen LogP contribution in [0.2, 0.25) is 0 Å². The van der Waals surface area contributed by atoms with E-state index in [1.807, 2.05) is 0 Å². The van der Waals surface area contributed by atoms with Crippen LogP contribution in [0.15, 0.2) is 18.2 Å². The van der Waals surface area contributed by atoms with Crippen LogP contribution < -0.4 is 14.8 Å². The normalized spacial score (nSPS) is 31.4. The van der Waals surface area contributed by atoms with Gasteiger partial charge in [-0.3, -0.25) is 0 Å². The molecule has 1 heterocycles. The van der Waals surface area contributed by atoms with E-state index in [1.165, 1.54) is 37.7 Å². The first-order valence-corrected chi connectivity index (χ1v) is 8.40. The zero-order chi connectivity index (χ0) is 14.2. The zero-order valence-corrected chi connectivity index (χ0v) is 12.8. The van der Waals surface area contributed by atoms with Crippen LogP contribution in [0, 0.1) is 17.8 Å². The molecule has 1 aromatic rings. The molecule has 0 amide bonds. The maximum Gasteiger partial charge on any atom is 0.161 e. The van der Waals surface area contributed by atoms with E-state index in [4.69, 9.17) is 9.47 Å². The number of hydrogen-bond donors (Lipinski definition) is 1. The van der Waals surface area contributed by atoms with Crippen LogP contribution in [-0.2, 0) is 0 Å². The molecule has 114 valence electrons. The number of ether oxygens (including phenoxy) is 2. The van der Waals surface area contributed by atoms with E-state index >= 15 is 0 Å². The average molecular weight is 287 g/mol. The molecule has 0 spiro atoms. The monoisotopic (exact) mass is 287 g/mol. The van der Waals surface area contributed by atoms with Crippen molar-refractivity contribution < 1.29 is 9.47 Å². The van der Waals surface area contributed by atoms with Gasteiger partial charge in [-0.2, -0.15) is 0 Å². The molecule has 4 unspecified atom stereocenters. The Balaban J connectivity index is 1.50. The molecule has 3 nitrogen and oxygen atoms in total. The van der Waals surface area contributed by atoms with Crippen LogP contribution in [0.5, 0.6) is 11.5 Å². The lowest BCUT2D eigenvalue weighted by Gasteiger charge is -2.27. The highest BCUT2D eigenvalue weighted by Gasteiger charge is 2.40. The summed E-state index contributed by atoms with van der Waals surface area (Å²) in [6, 6.07) is 6.87. The second kappa shape index (κ2) is 5.53. The first kappa shape index (κ1) is 13.4. The zero-order valence-electron chi connectivity index (χ0n) is 12.8. The molecule has 2 saturated carbocycles. The van der Waals surface area contributed by atoms with Gasteiger partial charge in [0.1, 0.15) is 13.2 Å². The topological polar surface area (TPSA) is 30.5 Å². The molecule has 1 aromatic carbocycles. The summed E-state index contributed by atoms with van der Waals surface area (Å²) in [7, 11) is 2.08. The Hall–Kier alpha value is -1.22. The molecule has 21 heavy (non-hydrogen) atoms. The third-order valence-corrected chi connectivity index (χ3v) is 5.74. The fourth-order valence-corrected chi connectivity index (χ4v) is 4.67. The fourth-order valence-electron chi connectivity index (χ4n) is 4.67. The first-order chi connectivity index (χ1) is 10.3. The van der Waals surface area contributed by atoms with E-state index in [-0.39, 0.29) is 0 Å². The van der Waals surface area contributed by atoms with Crippen molar-refractivity contribution in [2.24, 2.45) is 17.8 Å². The fraction of sp³-hybridized carbons (Fsp3) is 0.667. The summed E-state index contributed by atoms with van der Waals surface area (Å²) in [6.07, 6.45) is 7.15. The molecular weight excluding hydrogens is 262 g/mol. The lowest BCUT2D eigenvalue weighted by molar-refractivity contribution is 0.171. The molecular formula is C18H25NO2. The Morgan fingerprint density at radius 2 is 2.00 bits per heavy atom. The summed E-state index contributed by atoms with van der Waals surface area (Å²) in [5.74, 6) is 4.72. The van der Waals surface area contributed by atoms with Crippen molar-refractivity contribution in [2.45, 2.75) is 38.1 Å². The second-order valence-corrected chi connectivity index (χ2v) is 6.91. The molecule has 2 bridgehead atoms. The van der Waals surface area contributed by atoms with Gasteiger partial charge in [0.05, 0.1) is 0 Å². The van der Waals surface area contributed by atoms with Crippen molar-refractivity contribution in [2.75, 3.05) is 20.3 Å². The average Bonchev–Trinajstić information content (AvgIpc) is 3.15. The van der Waals surface area contributed by atoms with Gasteiger partial charge < -0.3 is 14.8 Å². The van der Waals surface area contributed by atoms with E-state index in [0.29, 0.717) is 19.3 Å². The third kappa shape index (κ3) is 2.52. The van der Waals surface area contributed by atoms with E-state index in [9.17, 15) is 0 Å². The highest BCUT2D eigenvalue weighted by atomic mass is 16.6. The predicted molar refractivity (Wildman–Crippen MR) is 82.8 cm³/mol. The van der Waals surface area contributed by atoms with Gasteiger partial charge >= 0.3 is 0 Å². The van der Waals surface area contributed by atoms with E-state index < -0.39 is 0 Å². The Kier molecular flexibility index (Phi) is 3.54. The lowest BCUT2D eigenvalue weighted by atomic mass is 9.83. The molecule has 2 fully saturated rings. The van der Waals surface area contributed by atoms with Crippen molar-refractivity contribution in [3.8, 4) is 11.5 Å². The van der Waals surface area contributed by atoms with Crippen molar-refractivity contribution in [1.82, 2.24) is 5.32 Å². The summed E-state index contributed by atoms with van der Waals surface area (Å²) in [6.45, 7) is 1.32. The van der Waals surface area contributed by atoms with Crippen molar-refractivity contribution in [3.63, 3.8) is 0 Å². The van der Waals surface area contributed by atoms with Crippen LogP contribution >= 0.6 is 0 Å².